The summed E-state index contributed by atoms with van der Waals surface area (Å²) >= 11 is 0. The van der Waals surface area contributed by atoms with Crippen LogP contribution in [-0.4, -0.2) is 48.4 Å². The van der Waals surface area contributed by atoms with Crippen molar-refractivity contribution in [1.82, 2.24) is 0 Å². The molecule has 0 amide bonds. The van der Waals surface area contributed by atoms with E-state index in [-0.39, 0.29) is 0 Å². The summed E-state index contributed by atoms with van der Waals surface area (Å²) in [7, 11) is 0.682. The average molecular weight is 233 g/mol. The maximum absolute atomic E-state index is 2.40. The van der Waals surface area contributed by atoms with E-state index in [4.69, 9.17) is 0 Å². The second-order valence-electron chi connectivity index (χ2n) is 4.50. The van der Waals surface area contributed by atoms with Gasteiger partial charge in [0.1, 0.15) is 11.5 Å². The number of rotatable bonds is 9. The summed E-state index contributed by atoms with van der Waals surface area (Å²) in [5.41, 5.74) is 0. The highest BCUT2D eigenvalue weighted by Crippen LogP contribution is 2.09. The molecule has 0 aliphatic carbocycles. The third kappa shape index (κ3) is 5.82. The Labute approximate surface area is 100 Å². The molecule has 0 saturated heterocycles. The summed E-state index contributed by atoms with van der Waals surface area (Å²) in [5.74, 6) is 2.82. The van der Waals surface area contributed by atoms with Crippen LogP contribution in [0.5, 0.6) is 0 Å². The number of unbranched alkanes of at least 4 members (excludes halogenated alkanes) is 1. The molecule has 0 bridgehead atoms. The lowest BCUT2D eigenvalue weighted by atomic mass is 10.2. The lowest BCUT2D eigenvalue weighted by molar-refractivity contribution is -0.923. The molecule has 92 valence electrons. The molecule has 0 aromatic heterocycles. The largest absolute Gasteiger partial charge is 0.324 e. The summed E-state index contributed by atoms with van der Waals surface area (Å²) in [6.07, 6.45) is 5.27. The second kappa shape index (κ2) is 8.46. The van der Waals surface area contributed by atoms with E-state index < -0.39 is 0 Å². The summed E-state index contributed by atoms with van der Waals surface area (Å²) in [6, 6.07) is 0. The van der Waals surface area contributed by atoms with Crippen molar-refractivity contribution >= 4 is 10.9 Å². The van der Waals surface area contributed by atoms with Crippen LogP contribution in [0.4, 0.5) is 0 Å². The monoisotopic (exact) mass is 233 g/mol. The van der Waals surface area contributed by atoms with Gasteiger partial charge in [0, 0.05) is 6.42 Å². The van der Waals surface area contributed by atoms with Crippen LogP contribution >= 0.6 is 0 Å². The molecule has 1 atom stereocenters. The Balaban J connectivity index is 3.72. The van der Waals surface area contributed by atoms with E-state index in [9.17, 15) is 0 Å². The van der Waals surface area contributed by atoms with Crippen LogP contribution in [0, 0.1) is 0 Å². The fourth-order valence-corrected chi connectivity index (χ4v) is 3.07. The van der Waals surface area contributed by atoms with E-state index in [1.807, 2.05) is 0 Å². The highest BCUT2D eigenvalue weighted by Gasteiger charge is 2.20. The van der Waals surface area contributed by atoms with Crippen LogP contribution in [0.25, 0.3) is 0 Å². The minimum absolute atomic E-state index is 0.682. The van der Waals surface area contributed by atoms with E-state index in [1.54, 1.807) is 0 Å². The molecule has 0 spiro atoms. The average Bonchev–Trinajstić information content (AvgIpc) is 2.30. The highest BCUT2D eigenvalue weighted by atomic mass is 32.2. The first-order valence-electron chi connectivity index (χ1n) is 6.58. The molecule has 0 heterocycles. The fourth-order valence-electron chi connectivity index (χ4n) is 2.09. The van der Waals surface area contributed by atoms with Gasteiger partial charge in [-0.25, -0.2) is 0 Å². The zero-order valence-corrected chi connectivity index (χ0v) is 12.3. The minimum atomic E-state index is 0.682. The first kappa shape index (κ1) is 15.3. The Bertz CT molecular complexity index is 135. The van der Waals surface area contributed by atoms with Crippen molar-refractivity contribution in [3.63, 3.8) is 0 Å². The third-order valence-electron chi connectivity index (χ3n) is 3.88. The van der Waals surface area contributed by atoms with Crippen molar-refractivity contribution in [1.29, 1.82) is 0 Å². The Kier molecular flexibility index (Phi) is 8.64. The van der Waals surface area contributed by atoms with E-state index in [2.05, 4.69) is 34.0 Å². The summed E-state index contributed by atoms with van der Waals surface area (Å²) in [6.45, 7) is 14.6. The van der Waals surface area contributed by atoms with Gasteiger partial charge in [-0.3, -0.25) is 0 Å². The number of hydrogen-bond donors (Lipinski definition) is 0. The molecule has 0 aliphatic heterocycles. The Morgan fingerprint density at radius 3 is 1.80 bits per heavy atom. The van der Waals surface area contributed by atoms with Gasteiger partial charge in [-0.15, -0.1) is 0 Å². The molecule has 15 heavy (non-hydrogen) atoms. The zero-order valence-electron chi connectivity index (χ0n) is 11.5. The molecule has 0 aliphatic rings. The Hall–Kier alpha value is 0.310. The van der Waals surface area contributed by atoms with Crippen LogP contribution in [0.1, 0.15) is 40.5 Å². The second-order valence-corrected chi connectivity index (χ2v) is 7.04. The van der Waals surface area contributed by atoms with Crippen LogP contribution in [0.15, 0.2) is 0 Å². The van der Waals surface area contributed by atoms with Crippen LogP contribution in [-0.2, 0) is 10.9 Å². The van der Waals surface area contributed by atoms with Crippen LogP contribution in [0.2, 0.25) is 0 Å². The summed E-state index contributed by atoms with van der Waals surface area (Å²) < 4.78 is 1.32. The molecule has 0 saturated carbocycles. The van der Waals surface area contributed by atoms with Gasteiger partial charge < -0.3 is 4.48 Å². The zero-order chi connectivity index (χ0) is 11.7. The van der Waals surface area contributed by atoms with Gasteiger partial charge in [0.2, 0.25) is 0 Å². The number of quaternary nitrogens is 1. The topological polar surface area (TPSA) is 0 Å². The standard InChI is InChI=1S/C13H31NS/c1-6-14(7-2,8-3)12-10-11-13-15(5)9-4/h6-13H2,1-5H3/q+2. The van der Waals surface area contributed by atoms with Gasteiger partial charge in [-0.1, -0.05) is 0 Å². The SMILES string of the molecule is CC[S+](C)CCCC[N+](CC)(CC)CC. The lowest BCUT2D eigenvalue weighted by Crippen LogP contribution is -2.48. The molecular formula is C13H31NS+2. The first-order valence-corrected chi connectivity index (χ1v) is 8.55. The molecular weight excluding hydrogens is 202 g/mol. The van der Waals surface area contributed by atoms with Crippen molar-refractivity contribution in [2.24, 2.45) is 0 Å². The van der Waals surface area contributed by atoms with Crippen LogP contribution in [0.3, 0.4) is 0 Å². The molecule has 0 aromatic carbocycles. The van der Waals surface area contributed by atoms with Gasteiger partial charge >= 0.3 is 0 Å². The van der Waals surface area contributed by atoms with E-state index >= 15 is 0 Å². The Morgan fingerprint density at radius 2 is 1.40 bits per heavy atom. The van der Waals surface area contributed by atoms with E-state index in [0.717, 1.165) is 0 Å². The van der Waals surface area contributed by atoms with Gasteiger partial charge in [0.25, 0.3) is 0 Å². The molecule has 0 rings (SSSR count). The van der Waals surface area contributed by atoms with E-state index in [0.29, 0.717) is 10.9 Å². The highest BCUT2D eigenvalue weighted by molar-refractivity contribution is 7.96. The summed E-state index contributed by atoms with van der Waals surface area (Å²) in [5, 5.41) is 0. The van der Waals surface area contributed by atoms with Gasteiger partial charge in [-0.05, 0) is 45.0 Å². The van der Waals surface area contributed by atoms with Gasteiger partial charge in [-0.2, -0.15) is 0 Å². The molecule has 0 radical (unpaired) electrons. The van der Waals surface area contributed by atoms with Crippen molar-refractivity contribution < 1.29 is 4.48 Å². The fraction of sp³-hybridized carbons (Fsp3) is 1.00. The van der Waals surface area contributed by atoms with Crippen molar-refractivity contribution in [2.75, 3.05) is 43.9 Å². The molecule has 2 heteroatoms. The third-order valence-corrected chi connectivity index (χ3v) is 5.85. The maximum Gasteiger partial charge on any atom is 0.108 e. The van der Waals surface area contributed by atoms with Crippen molar-refractivity contribution in [3.8, 4) is 0 Å². The van der Waals surface area contributed by atoms with E-state index in [1.165, 1.54) is 55.0 Å². The van der Waals surface area contributed by atoms with Crippen molar-refractivity contribution in [3.05, 3.63) is 0 Å². The molecule has 0 fully saturated rings. The number of hydrogen-bond acceptors (Lipinski definition) is 0. The molecule has 0 aromatic rings. The Morgan fingerprint density at radius 1 is 0.867 bits per heavy atom. The van der Waals surface area contributed by atoms with Gasteiger partial charge in [0.15, 0.2) is 0 Å². The molecule has 0 N–H and O–H groups in total. The maximum atomic E-state index is 2.40. The normalized spacial score (nSPS) is 14.2. The predicted octanol–water partition coefficient (Wildman–Crippen LogP) is 2.91. The first-order chi connectivity index (χ1) is 7.14. The van der Waals surface area contributed by atoms with Gasteiger partial charge in [0.05, 0.1) is 32.4 Å². The van der Waals surface area contributed by atoms with Crippen LogP contribution < -0.4 is 0 Å². The smallest absolute Gasteiger partial charge is 0.108 e. The number of nitrogens with zero attached hydrogens (tertiary/aromatic N) is 1. The minimum Gasteiger partial charge on any atom is -0.324 e. The quantitative estimate of drug-likeness (QED) is 0.326. The molecule has 1 unspecified atom stereocenters. The lowest BCUT2D eigenvalue weighted by Gasteiger charge is -2.35. The summed E-state index contributed by atoms with van der Waals surface area (Å²) in [4.78, 5) is 0. The molecule has 1 nitrogen and oxygen atoms in total. The van der Waals surface area contributed by atoms with Crippen molar-refractivity contribution in [2.45, 2.75) is 40.5 Å². The predicted molar refractivity (Wildman–Crippen MR) is 74.7 cm³/mol.